The van der Waals surface area contributed by atoms with E-state index in [2.05, 4.69) is 53.4 Å². The van der Waals surface area contributed by atoms with Gasteiger partial charge in [-0.25, -0.2) is 0 Å². The minimum Gasteiger partial charge on any atom is -0.369 e. The van der Waals surface area contributed by atoms with Crippen molar-refractivity contribution in [2.45, 2.75) is 19.3 Å². The molecular weight excluding hydrogens is 532 g/mol. The second-order valence-electron chi connectivity index (χ2n) is 11.3. The minimum atomic E-state index is -2.92. The Morgan fingerprint density at radius 2 is 1.63 bits per heavy atom. The molecule has 1 unspecified atom stereocenters. The zero-order valence-corrected chi connectivity index (χ0v) is 24.5. The summed E-state index contributed by atoms with van der Waals surface area (Å²) in [7, 11) is -0.985. The van der Waals surface area contributed by atoms with Crippen LogP contribution in [0.2, 0.25) is 0 Å². The summed E-state index contributed by atoms with van der Waals surface area (Å²) in [6, 6.07) is 25.3. The molecule has 1 aliphatic heterocycles. The van der Waals surface area contributed by atoms with Crippen LogP contribution in [0.5, 0.6) is 0 Å². The Labute approximate surface area is 241 Å². The minimum absolute atomic E-state index is 0.550. The molecule has 1 fully saturated rings. The fourth-order valence-electron chi connectivity index (χ4n) is 5.59. The lowest BCUT2D eigenvalue weighted by Crippen LogP contribution is -2.50. The quantitative estimate of drug-likeness (QED) is 0.267. The van der Waals surface area contributed by atoms with E-state index in [1.165, 1.54) is 6.26 Å². The molecule has 1 N–H and O–H groups in total. The average molecular weight is 566 g/mol. The fraction of sp³-hybridized carbons (Fsp3) is 0.281. The lowest BCUT2D eigenvalue weighted by atomic mass is 9.86. The average Bonchev–Trinajstić information content (AvgIpc) is 3.33. The van der Waals surface area contributed by atoms with Gasteiger partial charge >= 0.3 is 0 Å². The molecule has 3 aromatic carbocycles. The summed E-state index contributed by atoms with van der Waals surface area (Å²) >= 11 is 0. The Hall–Kier alpha value is -4.10. The summed E-state index contributed by atoms with van der Waals surface area (Å²) in [4.78, 5) is 7.00. The number of benzene rings is 3. The van der Waals surface area contributed by atoms with Crippen molar-refractivity contribution in [3.05, 3.63) is 78.5 Å². The zero-order chi connectivity index (χ0) is 28.9. The van der Waals surface area contributed by atoms with Crippen molar-refractivity contribution in [1.29, 1.82) is 5.26 Å². The van der Waals surface area contributed by atoms with Gasteiger partial charge in [0, 0.05) is 42.2 Å². The normalized spacial score (nSPS) is 16.1. The number of hydrogen-bond donors (Lipinski definition) is 1. The number of aryl methyl sites for hydroxylation is 1. The second kappa shape index (κ2) is 10.1. The molecule has 5 aromatic rings. The number of anilines is 1. The van der Waals surface area contributed by atoms with Crippen molar-refractivity contribution >= 4 is 37.9 Å². The van der Waals surface area contributed by atoms with Gasteiger partial charge in [-0.15, -0.1) is 0 Å². The molecule has 0 bridgehead atoms. The van der Waals surface area contributed by atoms with Crippen LogP contribution in [0.1, 0.15) is 19.4 Å². The van der Waals surface area contributed by atoms with Crippen molar-refractivity contribution in [3.8, 4) is 28.5 Å². The fourth-order valence-corrected chi connectivity index (χ4v) is 6.43. The Morgan fingerprint density at radius 1 is 0.951 bits per heavy atom. The highest BCUT2D eigenvalue weighted by Gasteiger charge is 2.32. The van der Waals surface area contributed by atoms with E-state index in [-0.39, 0.29) is 0 Å². The van der Waals surface area contributed by atoms with Crippen LogP contribution in [0.25, 0.3) is 44.2 Å². The molecule has 1 atom stereocenters. The smallest absolute Gasteiger partial charge is 0.288 e. The van der Waals surface area contributed by atoms with Crippen LogP contribution < -0.4 is 4.90 Å². The molecule has 1 aliphatic rings. The molecule has 41 heavy (non-hydrogen) atoms. The molecule has 0 saturated carbocycles. The number of nitriles is 1. The van der Waals surface area contributed by atoms with Crippen LogP contribution in [-0.4, -0.2) is 56.1 Å². The molecule has 9 heteroatoms. The van der Waals surface area contributed by atoms with Crippen LogP contribution in [-0.2, 0) is 27.1 Å². The maximum absolute atomic E-state index is 12.0. The first-order valence-corrected chi connectivity index (χ1v) is 15.5. The van der Waals surface area contributed by atoms with Crippen LogP contribution in [0.3, 0.4) is 0 Å². The molecule has 0 amide bonds. The SMILES string of the molecule is Cn1nc(-c2ccc(C(C)(C)C#N)cc2)c2c3cc(-c4cccc(N5CCN([S+](C)(=O)O)CC5)c4)ccc3ncc21. The summed E-state index contributed by atoms with van der Waals surface area (Å²) in [5, 5.41) is 16.5. The first kappa shape index (κ1) is 27.1. The number of aromatic nitrogens is 3. The summed E-state index contributed by atoms with van der Waals surface area (Å²) in [6.45, 7) is 6.34. The van der Waals surface area contributed by atoms with Gasteiger partial charge in [0.05, 0.1) is 41.8 Å². The summed E-state index contributed by atoms with van der Waals surface area (Å²) < 4.78 is 25.5. The summed E-state index contributed by atoms with van der Waals surface area (Å²) in [5.41, 5.74) is 7.42. The molecule has 0 spiro atoms. The van der Waals surface area contributed by atoms with Gasteiger partial charge in [-0.2, -0.15) is 14.9 Å². The third kappa shape index (κ3) is 4.99. The Morgan fingerprint density at radius 3 is 2.32 bits per heavy atom. The van der Waals surface area contributed by atoms with Gasteiger partial charge in [-0.1, -0.05) is 46.8 Å². The Bertz CT molecular complexity index is 1860. The van der Waals surface area contributed by atoms with Crippen LogP contribution in [0.4, 0.5) is 5.69 Å². The summed E-state index contributed by atoms with van der Waals surface area (Å²) in [5.74, 6) is 0. The van der Waals surface area contributed by atoms with Crippen LogP contribution in [0.15, 0.2) is 72.9 Å². The first-order valence-electron chi connectivity index (χ1n) is 13.6. The van der Waals surface area contributed by atoms with Crippen molar-refractivity contribution in [3.63, 3.8) is 0 Å². The van der Waals surface area contributed by atoms with Crippen LogP contribution >= 0.6 is 0 Å². The van der Waals surface area contributed by atoms with E-state index >= 15 is 0 Å². The number of pyridine rings is 1. The number of piperazine rings is 1. The molecule has 6 rings (SSSR count). The highest BCUT2D eigenvalue weighted by atomic mass is 32.3. The standard InChI is InChI=1S/C32H32N6O2S/c1-32(2,21-33)25-11-8-22(9-12-25)31-30-27-19-24(10-13-28(27)34-20-29(30)36(3)35-31)23-6-5-7-26(18-23)37-14-16-38(17-15-37)41(4,39)40/h5-13,18-20H,14-17H2,1-4H3/p+1. The Balaban J connectivity index is 1.39. The highest BCUT2D eigenvalue weighted by Crippen LogP contribution is 2.36. The van der Waals surface area contributed by atoms with E-state index < -0.39 is 15.8 Å². The lowest BCUT2D eigenvalue weighted by Gasteiger charge is -2.33. The third-order valence-corrected chi connectivity index (χ3v) is 9.43. The second-order valence-corrected chi connectivity index (χ2v) is 13.3. The van der Waals surface area contributed by atoms with E-state index in [0.717, 1.165) is 55.4 Å². The Kier molecular flexibility index (Phi) is 6.65. The monoisotopic (exact) mass is 565 g/mol. The molecule has 0 radical (unpaired) electrons. The maximum Gasteiger partial charge on any atom is 0.288 e. The lowest BCUT2D eigenvalue weighted by molar-refractivity contribution is 0.351. The van der Waals surface area contributed by atoms with E-state index in [9.17, 15) is 14.0 Å². The van der Waals surface area contributed by atoms with Gasteiger partial charge in [0.15, 0.2) is 6.26 Å². The molecular formula is C32H33N6O2S+. The van der Waals surface area contributed by atoms with Crippen molar-refractivity contribution < 1.29 is 8.76 Å². The van der Waals surface area contributed by atoms with Gasteiger partial charge in [0.2, 0.25) is 0 Å². The highest BCUT2D eigenvalue weighted by molar-refractivity contribution is 7.94. The number of rotatable bonds is 5. The molecule has 208 valence electrons. The molecule has 1 saturated heterocycles. The molecule has 3 heterocycles. The topological polar surface area (TPSA) is 98.3 Å². The molecule has 2 aromatic heterocycles. The predicted molar refractivity (Wildman–Crippen MR) is 166 cm³/mol. The van der Waals surface area contributed by atoms with Gasteiger partial charge in [0.1, 0.15) is 5.69 Å². The van der Waals surface area contributed by atoms with Gasteiger partial charge in [0.25, 0.3) is 10.4 Å². The zero-order valence-electron chi connectivity index (χ0n) is 23.7. The van der Waals surface area contributed by atoms with E-state index in [4.69, 9.17) is 10.1 Å². The van der Waals surface area contributed by atoms with E-state index in [0.29, 0.717) is 26.2 Å². The molecule has 0 aliphatic carbocycles. The molecule has 8 nitrogen and oxygen atoms in total. The largest absolute Gasteiger partial charge is 0.369 e. The van der Waals surface area contributed by atoms with Gasteiger partial charge in [-0.3, -0.25) is 9.67 Å². The maximum atomic E-state index is 12.0. The van der Waals surface area contributed by atoms with E-state index in [1.807, 2.05) is 56.0 Å². The van der Waals surface area contributed by atoms with Crippen molar-refractivity contribution in [2.24, 2.45) is 7.05 Å². The van der Waals surface area contributed by atoms with Crippen molar-refractivity contribution in [1.82, 2.24) is 19.1 Å². The van der Waals surface area contributed by atoms with E-state index in [1.54, 1.807) is 4.31 Å². The van der Waals surface area contributed by atoms with Crippen molar-refractivity contribution in [2.75, 3.05) is 37.3 Å². The number of hydrogen-bond acceptors (Lipinski definition) is 5. The van der Waals surface area contributed by atoms with Crippen LogP contribution in [0, 0.1) is 11.3 Å². The van der Waals surface area contributed by atoms with Gasteiger partial charge < -0.3 is 4.90 Å². The third-order valence-electron chi connectivity index (χ3n) is 8.11. The predicted octanol–water partition coefficient (Wildman–Crippen LogP) is 5.90. The number of fused-ring (bicyclic) bond motifs is 3. The van der Waals surface area contributed by atoms with Gasteiger partial charge in [-0.05, 0) is 59.0 Å². The summed E-state index contributed by atoms with van der Waals surface area (Å²) in [6.07, 6.45) is 3.26. The first-order chi connectivity index (χ1) is 19.5. The number of nitrogens with zero attached hydrogens (tertiary/aromatic N) is 6.